The molecule has 0 radical (unpaired) electrons. The summed E-state index contributed by atoms with van der Waals surface area (Å²) in [7, 11) is 1.75. The molecule has 1 aromatic heterocycles. The third kappa shape index (κ3) is 3.16. The van der Waals surface area contributed by atoms with Crippen molar-refractivity contribution in [3.8, 4) is 0 Å². The number of aryl methyl sites for hydroxylation is 1. The molecule has 94 valence electrons. The molecule has 2 heterocycles. The Morgan fingerprint density at radius 1 is 1.65 bits per heavy atom. The molecule has 0 aliphatic carbocycles. The molecule has 0 aromatic carbocycles. The number of carbonyl (C=O) groups excluding carboxylic acids is 1. The first-order valence-electron chi connectivity index (χ1n) is 5.41. The monoisotopic (exact) mass is 257 g/mol. The van der Waals surface area contributed by atoms with Crippen LogP contribution in [0.15, 0.2) is 5.16 Å². The molecule has 1 saturated heterocycles. The largest absolute Gasteiger partial charge is 0.375 e. The van der Waals surface area contributed by atoms with E-state index in [1.807, 2.05) is 11.8 Å². The van der Waals surface area contributed by atoms with Gasteiger partial charge in [-0.3, -0.25) is 4.79 Å². The first-order chi connectivity index (χ1) is 8.16. The molecule has 2 rings (SSSR count). The number of ether oxygens (including phenoxy) is 1. The van der Waals surface area contributed by atoms with Crippen LogP contribution in [0, 0.1) is 0 Å². The van der Waals surface area contributed by atoms with Crippen molar-refractivity contribution in [2.45, 2.75) is 18.2 Å². The van der Waals surface area contributed by atoms with E-state index < -0.39 is 0 Å². The van der Waals surface area contributed by atoms with Crippen molar-refractivity contribution in [2.75, 3.05) is 25.4 Å². The summed E-state index contributed by atoms with van der Waals surface area (Å²) >= 11 is 1.35. The summed E-state index contributed by atoms with van der Waals surface area (Å²) in [4.78, 5) is 13.7. The molecule has 1 amide bonds. The molecule has 0 bridgehead atoms. The molecular weight excluding hydrogens is 242 g/mol. The number of thioether (sulfide) groups is 1. The number of hydrogen-bond donors (Lipinski definition) is 0. The Hall–Kier alpha value is -1.15. The highest BCUT2D eigenvalue weighted by atomic mass is 32.2. The van der Waals surface area contributed by atoms with Gasteiger partial charge in [-0.05, 0) is 17.4 Å². The molecule has 1 unspecified atom stereocenters. The van der Waals surface area contributed by atoms with E-state index in [0.717, 1.165) is 0 Å². The Kier molecular flexibility index (Phi) is 3.95. The molecule has 0 saturated carbocycles. The molecule has 1 atom stereocenters. The lowest BCUT2D eigenvalue weighted by molar-refractivity contribution is -0.135. The lowest BCUT2D eigenvalue weighted by atomic mass is 10.3. The molecule has 8 heteroatoms. The second-order valence-corrected chi connectivity index (χ2v) is 4.84. The summed E-state index contributed by atoms with van der Waals surface area (Å²) in [5.41, 5.74) is 0. The molecule has 0 spiro atoms. The van der Waals surface area contributed by atoms with E-state index in [1.165, 1.54) is 11.8 Å². The van der Waals surface area contributed by atoms with Crippen LogP contribution in [0.2, 0.25) is 0 Å². The van der Waals surface area contributed by atoms with Gasteiger partial charge in [-0.25, -0.2) is 4.68 Å². The highest BCUT2D eigenvalue weighted by Crippen LogP contribution is 2.14. The SMILES string of the molecule is CC1CN(C(=O)CSc2nnnn2C)CCO1. The minimum atomic E-state index is 0.105. The Balaban J connectivity index is 1.83. The van der Waals surface area contributed by atoms with Crippen molar-refractivity contribution < 1.29 is 9.53 Å². The van der Waals surface area contributed by atoms with Crippen LogP contribution in [0.5, 0.6) is 0 Å². The van der Waals surface area contributed by atoms with Crippen LogP contribution in [0.3, 0.4) is 0 Å². The number of tetrazole rings is 1. The maximum Gasteiger partial charge on any atom is 0.233 e. The van der Waals surface area contributed by atoms with Crippen molar-refractivity contribution in [3.05, 3.63) is 0 Å². The zero-order valence-corrected chi connectivity index (χ0v) is 10.7. The zero-order chi connectivity index (χ0) is 12.3. The van der Waals surface area contributed by atoms with Crippen molar-refractivity contribution in [2.24, 2.45) is 7.05 Å². The van der Waals surface area contributed by atoms with Crippen LogP contribution in [0.25, 0.3) is 0 Å². The maximum atomic E-state index is 11.9. The van der Waals surface area contributed by atoms with Crippen LogP contribution in [-0.2, 0) is 16.6 Å². The van der Waals surface area contributed by atoms with Gasteiger partial charge in [0, 0.05) is 20.1 Å². The van der Waals surface area contributed by atoms with Gasteiger partial charge >= 0.3 is 0 Å². The fraction of sp³-hybridized carbons (Fsp3) is 0.778. The molecule has 0 N–H and O–H groups in total. The van der Waals surface area contributed by atoms with Crippen LogP contribution in [0.1, 0.15) is 6.92 Å². The summed E-state index contributed by atoms with van der Waals surface area (Å²) < 4.78 is 6.95. The summed E-state index contributed by atoms with van der Waals surface area (Å²) in [6.07, 6.45) is 0.120. The fourth-order valence-corrected chi connectivity index (χ4v) is 2.36. The topological polar surface area (TPSA) is 73.1 Å². The standard InChI is InChI=1S/C9H15N5O2S/c1-7-5-14(3-4-16-7)8(15)6-17-9-10-11-12-13(9)2/h7H,3-6H2,1-2H3. The van der Waals surface area contributed by atoms with Crippen molar-refractivity contribution in [1.82, 2.24) is 25.1 Å². The predicted octanol–water partition coefficient (Wildman–Crippen LogP) is -0.451. The smallest absolute Gasteiger partial charge is 0.233 e. The maximum absolute atomic E-state index is 11.9. The van der Waals surface area contributed by atoms with Gasteiger partial charge in [0.25, 0.3) is 0 Å². The summed E-state index contributed by atoms with van der Waals surface area (Å²) in [5, 5.41) is 11.7. The van der Waals surface area contributed by atoms with Gasteiger partial charge < -0.3 is 9.64 Å². The van der Waals surface area contributed by atoms with E-state index in [-0.39, 0.29) is 12.0 Å². The van der Waals surface area contributed by atoms with Gasteiger partial charge in [0.1, 0.15) is 0 Å². The van der Waals surface area contributed by atoms with Crippen molar-refractivity contribution in [3.63, 3.8) is 0 Å². The second kappa shape index (κ2) is 5.46. The molecule has 1 fully saturated rings. The Morgan fingerprint density at radius 2 is 2.47 bits per heavy atom. The Bertz CT molecular complexity index is 396. The lowest BCUT2D eigenvalue weighted by Crippen LogP contribution is -2.45. The normalized spacial score (nSPS) is 20.6. The van der Waals surface area contributed by atoms with Crippen molar-refractivity contribution in [1.29, 1.82) is 0 Å². The quantitative estimate of drug-likeness (QED) is 0.683. The highest BCUT2D eigenvalue weighted by Gasteiger charge is 2.21. The number of nitrogens with zero attached hydrogens (tertiary/aromatic N) is 5. The van der Waals surface area contributed by atoms with E-state index in [1.54, 1.807) is 11.7 Å². The third-order valence-corrected chi connectivity index (χ3v) is 3.50. The third-order valence-electron chi connectivity index (χ3n) is 2.50. The van der Waals surface area contributed by atoms with E-state index >= 15 is 0 Å². The average molecular weight is 257 g/mol. The zero-order valence-electron chi connectivity index (χ0n) is 9.87. The number of carbonyl (C=O) groups is 1. The van der Waals surface area contributed by atoms with E-state index in [2.05, 4.69) is 15.5 Å². The lowest BCUT2D eigenvalue weighted by Gasteiger charge is -2.31. The number of rotatable bonds is 3. The van der Waals surface area contributed by atoms with Crippen LogP contribution in [-0.4, -0.2) is 62.6 Å². The summed E-state index contributed by atoms with van der Waals surface area (Å²) in [6, 6.07) is 0. The second-order valence-electron chi connectivity index (χ2n) is 3.89. The van der Waals surface area contributed by atoms with E-state index in [9.17, 15) is 4.79 Å². The van der Waals surface area contributed by atoms with Gasteiger partial charge in [0.05, 0.1) is 18.5 Å². The first kappa shape index (κ1) is 12.3. The van der Waals surface area contributed by atoms with E-state index in [0.29, 0.717) is 30.6 Å². The molecule has 1 aliphatic rings. The van der Waals surface area contributed by atoms with Gasteiger partial charge in [-0.1, -0.05) is 11.8 Å². The molecule has 17 heavy (non-hydrogen) atoms. The fourth-order valence-electron chi connectivity index (χ4n) is 1.61. The molecule has 7 nitrogen and oxygen atoms in total. The van der Waals surface area contributed by atoms with Gasteiger partial charge in [-0.15, -0.1) is 5.10 Å². The Labute approximate surface area is 103 Å². The van der Waals surface area contributed by atoms with Crippen LogP contribution in [0.4, 0.5) is 0 Å². The average Bonchev–Trinajstić information content (AvgIpc) is 2.72. The first-order valence-corrected chi connectivity index (χ1v) is 6.40. The summed E-state index contributed by atoms with van der Waals surface area (Å²) in [6.45, 7) is 3.92. The summed E-state index contributed by atoms with van der Waals surface area (Å²) in [5.74, 6) is 0.467. The highest BCUT2D eigenvalue weighted by molar-refractivity contribution is 7.99. The Morgan fingerprint density at radius 3 is 3.12 bits per heavy atom. The van der Waals surface area contributed by atoms with Crippen LogP contribution < -0.4 is 0 Å². The molecule has 1 aliphatic heterocycles. The van der Waals surface area contributed by atoms with Gasteiger partial charge in [0.2, 0.25) is 11.1 Å². The van der Waals surface area contributed by atoms with Gasteiger partial charge in [-0.2, -0.15) is 0 Å². The number of amides is 1. The number of morpholine rings is 1. The van der Waals surface area contributed by atoms with Crippen LogP contribution >= 0.6 is 11.8 Å². The minimum absolute atomic E-state index is 0.105. The number of hydrogen-bond acceptors (Lipinski definition) is 6. The minimum Gasteiger partial charge on any atom is -0.375 e. The van der Waals surface area contributed by atoms with Crippen molar-refractivity contribution >= 4 is 17.7 Å². The predicted molar refractivity (Wildman–Crippen MR) is 61.5 cm³/mol. The molecule has 1 aromatic rings. The molecular formula is C9H15N5O2S. The van der Waals surface area contributed by atoms with E-state index in [4.69, 9.17) is 4.74 Å². The number of aromatic nitrogens is 4. The van der Waals surface area contributed by atoms with Gasteiger partial charge in [0.15, 0.2) is 0 Å².